The van der Waals surface area contributed by atoms with Gasteiger partial charge in [-0.2, -0.15) is 5.26 Å². The number of benzene rings is 2. The Bertz CT molecular complexity index is 601. The number of nitriles is 1. The van der Waals surface area contributed by atoms with Crippen LogP contribution < -0.4 is 10.1 Å². The molecule has 1 unspecified atom stereocenters. The van der Waals surface area contributed by atoms with E-state index in [1.165, 1.54) is 0 Å². The van der Waals surface area contributed by atoms with Gasteiger partial charge in [-0.3, -0.25) is 0 Å². The lowest BCUT2D eigenvalue weighted by Crippen LogP contribution is -2.38. The van der Waals surface area contributed by atoms with Gasteiger partial charge in [0.05, 0.1) is 13.2 Å². The summed E-state index contributed by atoms with van der Waals surface area (Å²) in [6.45, 7) is 2.03. The molecule has 0 saturated carbocycles. The van der Waals surface area contributed by atoms with Crippen LogP contribution in [0.4, 0.5) is 5.69 Å². The first-order valence-corrected chi connectivity index (χ1v) is 7.09. The SMILES string of the molecule is CCC(C#N)(Cc1ccccc1)Nc1ccc(OC)cc1. The molecule has 2 rings (SSSR count). The van der Waals surface area contributed by atoms with E-state index in [9.17, 15) is 5.26 Å². The number of nitrogens with zero attached hydrogens (tertiary/aromatic N) is 1. The zero-order valence-corrected chi connectivity index (χ0v) is 12.5. The lowest BCUT2D eigenvalue weighted by Gasteiger charge is -2.28. The van der Waals surface area contributed by atoms with Gasteiger partial charge in [-0.25, -0.2) is 0 Å². The van der Waals surface area contributed by atoms with E-state index in [1.807, 2.05) is 49.4 Å². The molecule has 3 heteroatoms. The van der Waals surface area contributed by atoms with Crippen molar-refractivity contribution in [3.8, 4) is 11.8 Å². The maximum absolute atomic E-state index is 9.66. The number of hydrogen-bond donors (Lipinski definition) is 1. The molecule has 0 aliphatic heterocycles. The van der Waals surface area contributed by atoms with Crippen LogP contribution in [0.3, 0.4) is 0 Å². The van der Waals surface area contributed by atoms with Crippen molar-refractivity contribution >= 4 is 5.69 Å². The van der Waals surface area contributed by atoms with E-state index in [1.54, 1.807) is 7.11 Å². The first kappa shape index (κ1) is 14.9. The zero-order chi connectivity index (χ0) is 15.1. The van der Waals surface area contributed by atoms with E-state index in [0.29, 0.717) is 6.42 Å². The molecule has 108 valence electrons. The van der Waals surface area contributed by atoms with Crippen molar-refractivity contribution in [2.45, 2.75) is 25.3 Å². The molecule has 0 fully saturated rings. The van der Waals surface area contributed by atoms with E-state index in [2.05, 4.69) is 23.5 Å². The Hall–Kier alpha value is -2.47. The molecular weight excluding hydrogens is 260 g/mol. The van der Waals surface area contributed by atoms with Crippen molar-refractivity contribution in [2.24, 2.45) is 0 Å². The average molecular weight is 280 g/mol. The standard InChI is InChI=1S/C18H20N2O/c1-3-18(14-19,13-15-7-5-4-6-8-15)20-16-9-11-17(21-2)12-10-16/h4-12,20H,3,13H2,1-2H3. The second kappa shape index (κ2) is 6.81. The van der Waals surface area contributed by atoms with E-state index in [0.717, 1.165) is 23.4 Å². The summed E-state index contributed by atoms with van der Waals surface area (Å²) in [6.07, 6.45) is 1.40. The minimum Gasteiger partial charge on any atom is -0.497 e. The van der Waals surface area contributed by atoms with E-state index in [-0.39, 0.29) is 0 Å². The molecule has 2 aromatic carbocycles. The molecule has 0 spiro atoms. The molecule has 0 saturated heterocycles. The minimum atomic E-state index is -0.601. The van der Waals surface area contributed by atoms with Crippen molar-refractivity contribution in [1.82, 2.24) is 0 Å². The van der Waals surface area contributed by atoms with Crippen LogP contribution in [0.1, 0.15) is 18.9 Å². The maximum atomic E-state index is 9.66. The Morgan fingerprint density at radius 3 is 2.29 bits per heavy atom. The fraction of sp³-hybridized carbons (Fsp3) is 0.278. The number of rotatable bonds is 6. The molecule has 0 aromatic heterocycles. The summed E-state index contributed by atoms with van der Waals surface area (Å²) in [5.74, 6) is 0.808. The Morgan fingerprint density at radius 2 is 1.76 bits per heavy atom. The third kappa shape index (κ3) is 3.76. The average Bonchev–Trinajstić information content (AvgIpc) is 2.56. The van der Waals surface area contributed by atoms with Crippen LogP contribution >= 0.6 is 0 Å². The van der Waals surface area contributed by atoms with Crippen molar-refractivity contribution in [2.75, 3.05) is 12.4 Å². The molecule has 0 aliphatic rings. The van der Waals surface area contributed by atoms with Crippen LogP contribution in [0.15, 0.2) is 54.6 Å². The second-order valence-corrected chi connectivity index (χ2v) is 5.06. The topological polar surface area (TPSA) is 45.0 Å². The number of anilines is 1. The van der Waals surface area contributed by atoms with Crippen molar-refractivity contribution in [1.29, 1.82) is 5.26 Å². The Morgan fingerprint density at radius 1 is 1.10 bits per heavy atom. The highest BCUT2D eigenvalue weighted by Crippen LogP contribution is 2.24. The maximum Gasteiger partial charge on any atom is 0.129 e. The fourth-order valence-electron chi connectivity index (χ4n) is 2.30. The van der Waals surface area contributed by atoms with E-state index >= 15 is 0 Å². The highest BCUT2D eigenvalue weighted by atomic mass is 16.5. The van der Waals surface area contributed by atoms with Gasteiger partial charge in [0.25, 0.3) is 0 Å². The molecule has 1 atom stereocenters. The van der Waals surface area contributed by atoms with Crippen LogP contribution in [0.2, 0.25) is 0 Å². The van der Waals surface area contributed by atoms with Gasteiger partial charge in [0, 0.05) is 12.1 Å². The van der Waals surface area contributed by atoms with E-state index in [4.69, 9.17) is 4.74 Å². The predicted molar refractivity (Wildman–Crippen MR) is 85.4 cm³/mol. The molecule has 0 amide bonds. The lowest BCUT2D eigenvalue weighted by atomic mass is 9.89. The highest BCUT2D eigenvalue weighted by Gasteiger charge is 2.28. The molecule has 21 heavy (non-hydrogen) atoms. The number of ether oxygens (including phenoxy) is 1. The summed E-state index contributed by atoms with van der Waals surface area (Å²) in [6, 6.07) is 20.2. The van der Waals surface area contributed by atoms with Gasteiger partial charge >= 0.3 is 0 Å². The first-order valence-electron chi connectivity index (χ1n) is 7.09. The second-order valence-electron chi connectivity index (χ2n) is 5.06. The summed E-state index contributed by atoms with van der Waals surface area (Å²) in [5.41, 5.74) is 1.48. The van der Waals surface area contributed by atoms with Gasteiger partial charge in [-0.1, -0.05) is 37.3 Å². The van der Waals surface area contributed by atoms with Crippen molar-refractivity contribution in [3.05, 3.63) is 60.2 Å². The Balaban J connectivity index is 2.19. The van der Waals surface area contributed by atoms with Crippen LogP contribution in [0.25, 0.3) is 0 Å². The molecule has 1 N–H and O–H groups in total. The zero-order valence-electron chi connectivity index (χ0n) is 12.5. The molecular formula is C18H20N2O. The van der Waals surface area contributed by atoms with Gasteiger partial charge in [0.1, 0.15) is 11.3 Å². The Kier molecular flexibility index (Phi) is 4.84. The van der Waals surface area contributed by atoms with Crippen LogP contribution in [0, 0.1) is 11.3 Å². The van der Waals surface area contributed by atoms with Crippen molar-refractivity contribution in [3.63, 3.8) is 0 Å². The van der Waals surface area contributed by atoms with Gasteiger partial charge in [0.2, 0.25) is 0 Å². The minimum absolute atomic E-state index is 0.601. The van der Waals surface area contributed by atoms with Crippen molar-refractivity contribution < 1.29 is 4.74 Å². The Labute approximate surface area is 126 Å². The van der Waals surface area contributed by atoms with Gasteiger partial charge in [0.15, 0.2) is 0 Å². The predicted octanol–water partition coefficient (Wildman–Crippen LogP) is 4.02. The summed E-state index contributed by atoms with van der Waals surface area (Å²) >= 11 is 0. The van der Waals surface area contributed by atoms with Gasteiger partial charge < -0.3 is 10.1 Å². The highest BCUT2D eigenvalue weighted by molar-refractivity contribution is 5.50. The van der Waals surface area contributed by atoms with Crippen LogP contribution in [0.5, 0.6) is 5.75 Å². The number of methoxy groups -OCH3 is 1. The third-order valence-electron chi connectivity index (χ3n) is 3.64. The normalized spacial score (nSPS) is 13.0. The molecule has 2 aromatic rings. The molecule has 0 radical (unpaired) electrons. The van der Waals surface area contributed by atoms with Gasteiger partial charge in [-0.05, 0) is 36.2 Å². The third-order valence-corrected chi connectivity index (χ3v) is 3.64. The smallest absolute Gasteiger partial charge is 0.129 e. The monoisotopic (exact) mass is 280 g/mol. The summed E-state index contributed by atoms with van der Waals surface area (Å²) in [7, 11) is 1.64. The van der Waals surface area contributed by atoms with E-state index < -0.39 is 5.54 Å². The summed E-state index contributed by atoms with van der Waals surface area (Å²) in [4.78, 5) is 0. The quantitative estimate of drug-likeness (QED) is 0.869. The molecule has 0 heterocycles. The lowest BCUT2D eigenvalue weighted by molar-refractivity contribution is 0.415. The summed E-state index contributed by atoms with van der Waals surface area (Å²) in [5, 5.41) is 13.0. The summed E-state index contributed by atoms with van der Waals surface area (Å²) < 4.78 is 5.15. The van der Waals surface area contributed by atoms with Crippen LogP contribution in [-0.2, 0) is 6.42 Å². The molecule has 0 aliphatic carbocycles. The molecule has 0 bridgehead atoms. The van der Waals surface area contributed by atoms with Gasteiger partial charge in [-0.15, -0.1) is 0 Å². The molecule has 3 nitrogen and oxygen atoms in total. The number of nitrogens with one attached hydrogen (secondary N) is 1. The number of hydrogen-bond acceptors (Lipinski definition) is 3. The fourth-order valence-corrected chi connectivity index (χ4v) is 2.30. The largest absolute Gasteiger partial charge is 0.497 e. The van der Waals surface area contributed by atoms with Crippen LogP contribution in [-0.4, -0.2) is 12.6 Å². The first-order chi connectivity index (χ1) is 10.2.